The zero-order valence-electron chi connectivity index (χ0n) is 22.0. The molecule has 0 spiro atoms. The molecular weight excluding hydrogens is 508 g/mol. The Kier molecular flexibility index (Phi) is 9.06. The number of nitrogens with one attached hydrogen (secondary N) is 2. The van der Waals surface area contributed by atoms with Gasteiger partial charge < -0.3 is 15.2 Å². The second-order valence-electron chi connectivity index (χ2n) is 9.90. The molecule has 1 unspecified atom stereocenters. The number of halogens is 1. The lowest BCUT2D eigenvalue weighted by atomic mass is 9.99. The van der Waals surface area contributed by atoms with E-state index in [-0.39, 0.29) is 24.4 Å². The summed E-state index contributed by atoms with van der Waals surface area (Å²) in [4.78, 5) is 53.1. The van der Waals surface area contributed by atoms with Gasteiger partial charge in [-0.3, -0.25) is 24.1 Å². The fraction of sp³-hybridized carbons (Fsp3) is 0.321. The molecule has 1 aromatic heterocycles. The first-order valence-electron chi connectivity index (χ1n) is 12.1. The van der Waals surface area contributed by atoms with Gasteiger partial charge in [0.05, 0.1) is 0 Å². The second-order valence-corrected chi connectivity index (χ2v) is 10.3. The molecule has 1 atom stereocenters. The largest absolute Gasteiger partial charge is 0.360 e. The van der Waals surface area contributed by atoms with Crippen LogP contribution < -0.4 is 15.5 Å². The Morgan fingerprint density at radius 2 is 1.68 bits per heavy atom. The average molecular weight is 539 g/mol. The van der Waals surface area contributed by atoms with Crippen molar-refractivity contribution in [1.29, 1.82) is 0 Å². The van der Waals surface area contributed by atoms with Crippen molar-refractivity contribution in [1.82, 2.24) is 10.5 Å². The van der Waals surface area contributed by atoms with E-state index in [0.717, 1.165) is 0 Å². The number of hydrogen-bond donors (Lipinski definition) is 2. The third-order valence-corrected chi connectivity index (χ3v) is 5.83. The summed E-state index contributed by atoms with van der Waals surface area (Å²) in [7, 11) is 0. The number of carbonyl (C=O) groups is 4. The van der Waals surface area contributed by atoms with Crippen LogP contribution in [0.15, 0.2) is 59.1 Å². The molecule has 0 fully saturated rings. The van der Waals surface area contributed by atoms with Crippen LogP contribution in [0.3, 0.4) is 0 Å². The fourth-order valence-corrected chi connectivity index (χ4v) is 4.04. The third kappa shape index (κ3) is 7.52. The standard InChI is InChI=1S/C28H31ClN4O5/c1-17-16-23(32-38-17)30-24(35)14-15-25(36)33(20-12-10-19(11-13-20)18(2)34)26(27(37)31-28(3,4)5)21-8-6-7-9-22(21)29/h6-13,16,26H,14-15H2,1-5H3,(H,31,37)(H,30,32,35). The second kappa shape index (κ2) is 12.0. The molecule has 0 aliphatic heterocycles. The molecular formula is C28H31ClN4O5. The van der Waals surface area contributed by atoms with Gasteiger partial charge in [-0.2, -0.15) is 0 Å². The molecule has 0 saturated heterocycles. The van der Waals surface area contributed by atoms with Gasteiger partial charge in [0.15, 0.2) is 11.6 Å². The van der Waals surface area contributed by atoms with Gasteiger partial charge in [0.25, 0.3) is 0 Å². The van der Waals surface area contributed by atoms with E-state index in [1.165, 1.54) is 11.8 Å². The maximum atomic E-state index is 13.7. The SMILES string of the molecule is CC(=O)c1ccc(N(C(=O)CCC(=O)Nc2cc(C)on2)C(C(=O)NC(C)(C)C)c2ccccc2Cl)cc1. The van der Waals surface area contributed by atoms with E-state index in [2.05, 4.69) is 15.8 Å². The van der Waals surface area contributed by atoms with Crippen LogP contribution in [0, 0.1) is 6.92 Å². The van der Waals surface area contributed by atoms with Crippen molar-refractivity contribution >= 4 is 46.6 Å². The van der Waals surface area contributed by atoms with E-state index in [1.54, 1.807) is 61.5 Å². The van der Waals surface area contributed by atoms with E-state index < -0.39 is 29.3 Å². The van der Waals surface area contributed by atoms with Gasteiger partial charge in [-0.1, -0.05) is 35.0 Å². The molecule has 2 N–H and O–H groups in total. The van der Waals surface area contributed by atoms with Crippen LogP contribution in [-0.4, -0.2) is 34.2 Å². The maximum Gasteiger partial charge on any atom is 0.248 e. The third-order valence-electron chi connectivity index (χ3n) is 5.49. The first kappa shape index (κ1) is 28.6. The van der Waals surface area contributed by atoms with Crippen LogP contribution in [0.25, 0.3) is 0 Å². The predicted molar refractivity (Wildman–Crippen MR) is 145 cm³/mol. The van der Waals surface area contributed by atoms with Crippen molar-refractivity contribution in [2.75, 3.05) is 10.2 Å². The number of amides is 3. The molecule has 0 aliphatic carbocycles. The van der Waals surface area contributed by atoms with Crippen molar-refractivity contribution in [3.8, 4) is 0 Å². The number of hydrogen-bond acceptors (Lipinski definition) is 6. The Hall–Kier alpha value is -3.98. The summed E-state index contributed by atoms with van der Waals surface area (Å²) < 4.78 is 4.95. The molecule has 9 nitrogen and oxygen atoms in total. The van der Waals surface area contributed by atoms with Crippen LogP contribution in [0.5, 0.6) is 0 Å². The van der Waals surface area contributed by atoms with Gasteiger partial charge >= 0.3 is 0 Å². The Morgan fingerprint density at radius 1 is 1.03 bits per heavy atom. The van der Waals surface area contributed by atoms with E-state index in [4.69, 9.17) is 16.1 Å². The minimum atomic E-state index is -1.14. The van der Waals surface area contributed by atoms with Gasteiger partial charge in [-0.15, -0.1) is 0 Å². The molecule has 3 aromatic rings. The fourth-order valence-electron chi connectivity index (χ4n) is 3.80. The minimum Gasteiger partial charge on any atom is -0.360 e. The van der Waals surface area contributed by atoms with Gasteiger partial charge in [-0.05, 0) is 65.0 Å². The molecule has 0 aliphatic rings. The molecule has 0 radical (unpaired) electrons. The number of aryl methyl sites for hydroxylation is 1. The van der Waals surface area contributed by atoms with Crippen molar-refractivity contribution in [3.05, 3.63) is 76.5 Å². The van der Waals surface area contributed by atoms with Crippen LogP contribution >= 0.6 is 11.6 Å². The normalized spacial score (nSPS) is 11.9. The predicted octanol–water partition coefficient (Wildman–Crippen LogP) is 5.25. The summed E-state index contributed by atoms with van der Waals surface area (Å²) in [6.07, 6.45) is -0.371. The molecule has 0 saturated carbocycles. The molecule has 10 heteroatoms. The summed E-state index contributed by atoms with van der Waals surface area (Å²) in [6, 6.07) is 13.6. The zero-order valence-corrected chi connectivity index (χ0v) is 22.8. The molecule has 3 amide bonds. The number of carbonyl (C=O) groups excluding carboxylic acids is 4. The van der Waals surface area contributed by atoms with Crippen LogP contribution in [0.1, 0.15) is 68.3 Å². The lowest BCUT2D eigenvalue weighted by molar-refractivity contribution is -0.128. The minimum absolute atomic E-state index is 0.137. The molecule has 3 rings (SSSR count). The van der Waals surface area contributed by atoms with Gasteiger partial charge in [0, 0.05) is 46.3 Å². The molecule has 200 valence electrons. The lowest BCUT2D eigenvalue weighted by Gasteiger charge is -2.34. The highest BCUT2D eigenvalue weighted by atomic mass is 35.5. The van der Waals surface area contributed by atoms with Crippen molar-refractivity contribution in [2.24, 2.45) is 0 Å². The topological polar surface area (TPSA) is 122 Å². The van der Waals surface area contributed by atoms with Crippen molar-refractivity contribution < 1.29 is 23.7 Å². The van der Waals surface area contributed by atoms with Crippen LogP contribution in [-0.2, 0) is 14.4 Å². The van der Waals surface area contributed by atoms with Crippen LogP contribution in [0.4, 0.5) is 11.5 Å². The van der Waals surface area contributed by atoms with E-state index in [9.17, 15) is 19.2 Å². The summed E-state index contributed by atoms with van der Waals surface area (Å²) in [5, 5.41) is 9.55. The summed E-state index contributed by atoms with van der Waals surface area (Å²) in [5.41, 5.74) is 0.653. The van der Waals surface area contributed by atoms with E-state index >= 15 is 0 Å². The van der Waals surface area contributed by atoms with Crippen molar-refractivity contribution in [3.63, 3.8) is 0 Å². The number of ketones is 1. The highest BCUT2D eigenvalue weighted by molar-refractivity contribution is 6.31. The number of anilines is 2. The zero-order chi connectivity index (χ0) is 28.0. The maximum absolute atomic E-state index is 13.7. The molecule has 2 aromatic carbocycles. The molecule has 0 bridgehead atoms. The molecule has 1 heterocycles. The van der Waals surface area contributed by atoms with E-state index in [0.29, 0.717) is 27.6 Å². The Morgan fingerprint density at radius 3 is 2.24 bits per heavy atom. The smallest absolute Gasteiger partial charge is 0.248 e. The number of nitrogens with zero attached hydrogens (tertiary/aromatic N) is 2. The van der Waals surface area contributed by atoms with Crippen LogP contribution in [0.2, 0.25) is 5.02 Å². The lowest BCUT2D eigenvalue weighted by Crippen LogP contribution is -2.49. The molecule has 38 heavy (non-hydrogen) atoms. The number of Topliss-reactive ketones (excluding diaryl/α,β-unsaturated/α-hetero) is 1. The average Bonchev–Trinajstić information content (AvgIpc) is 3.24. The highest BCUT2D eigenvalue weighted by Gasteiger charge is 2.35. The highest BCUT2D eigenvalue weighted by Crippen LogP contribution is 2.33. The van der Waals surface area contributed by atoms with Gasteiger partial charge in [0.1, 0.15) is 11.8 Å². The quantitative estimate of drug-likeness (QED) is 0.359. The van der Waals surface area contributed by atoms with E-state index in [1.807, 2.05) is 20.8 Å². The Balaban J connectivity index is 2.00. The first-order chi connectivity index (χ1) is 17.9. The first-order valence-corrected chi connectivity index (χ1v) is 12.5. The summed E-state index contributed by atoms with van der Waals surface area (Å²) in [6.45, 7) is 8.63. The number of rotatable bonds is 9. The number of aromatic nitrogens is 1. The van der Waals surface area contributed by atoms with Gasteiger partial charge in [-0.25, -0.2) is 0 Å². The number of benzene rings is 2. The summed E-state index contributed by atoms with van der Waals surface area (Å²) in [5.74, 6) is -0.730. The Labute approximate surface area is 226 Å². The van der Waals surface area contributed by atoms with Crippen molar-refractivity contribution in [2.45, 2.75) is 59.0 Å². The van der Waals surface area contributed by atoms with Gasteiger partial charge in [0.2, 0.25) is 17.7 Å². The Bertz CT molecular complexity index is 1330. The monoisotopic (exact) mass is 538 g/mol. The summed E-state index contributed by atoms with van der Waals surface area (Å²) >= 11 is 6.51.